The summed E-state index contributed by atoms with van der Waals surface area (Å²) in [5.74, 6) is -0.420. The van der Waals surface area contributed by atoms with Gasteiger partial charge >= 0.3 is 6.03 Å². The van der Waals surface area contributed by atoms with Crippen molar-refractivity contribution in [2.24, 2.45) is 5.73 Å². The van der Waals surface area contributed by atoms with Crippen LogP contribution in [0.25, 0.3) is 0 Å². The first-order valence-corrected chi connectivity index (χ1v) is 4.50. The van der Waals surface area contributed by atoms with E-state index >= 15 is 0 Å². The van der Waals surface area contributed by atoms with Crippen molar-refractivity contribution < 1.29 is 9.59 Å². The molecule has 0 fully saturated rings. The number of carbonyl (C=O) groups is 2. The lowest BCUT2D eigenvalue weighted by molar-refractivity contribution is 0.0937. The number of nitrogens with two attached hydrogens (primary N) is 1. The molecule has 0 aliphatic heterocycles. The second-order valence-corrected chi connectivity index (χ2v) is 3.37. The second-order valence-electron chi connectivity index (χ2n) is 2.45. The zero-order valence-electron chi connectivity index (χ0n) is 7.08. The van der Waals surface area contributed by atoms with Crippen LogP contribution in [0.1, 0.15) is 10.4 Å². The van der Waals surface area contributed by atoms with Crippen molar-refractivity contribution in [3.63, 3.8) is 0 Å². The Bertz CT molecular complexity index is 350. The number of hydrogen-bond acceptors (Lipinski definition) is 2. The standard InChI is InChI=1S/C8H8BrN3O2/c9-6-3-1-5(2-4-6)7(13)11-12-8(10)14/h1-4H,(H,11,13)(H3,10,12,14). The lowest BCUT2D eigenvalue weighted by Crippen LogP contribution is -2.44. The first-order valence-electron chi connectivity index (χ1n) is 3.71. The third-order valence-electron chi connectivity index (χ3n) is 1.41. The molecule has 14 heavy (non-hydrogen) atoms. The van der Waals surface area contributed by atoms with E-state index in [1.807, 2.05) is 5.43 Å². The van der Waals surface area contributed by atoms with Crippen LogP contribution in [0.2, 0.25) is 0 Å². The summed E-state index contributed by atoms with van der Waals surface area (Å²) in [7, 11) is 0. The van der Waals surface area contributed by atoms with Crippen molar-refractivity contribution >= 4 is 27.9 Å². The summed E-state index contributed by atoms with van der Waals surface area (Å²) in [5.41, 5.74) is 9.33. The highest BCUT2D eigenvalue weighted by Gasteiger charge is 2.04. The van der Waals surface area contributed by atoms with Gasteiger partial charge in [-0.3, -0.25) is 10.2 Å². The van der Waals surface area contributed by atoms with Gasteiger partial charge in [0, 0.05) is 10.0 Å². The molecule has 1 aromatic rings. The number of amides is 3. The number of carbonyl (C=O) groups excluding carboxylic acids is 2. The molecule has 0 saturated heterocycles. The summed E-state index contributed by atoms with van der Waals surface area (Å²) in [5, 5.41) is 0. The molecule has 1 aromatic carbocycles. The molecule has 0 saturated carbocycles. The van der Waals surface area contributed by atoms with E-state index in [9.17, 15) is 9.59 Å². The molecule has 6 heteroatoms. The van der Waals surface area contributed by atoms with Gasteiger partial charge in [0.25, 0.3) is 5.91 Å². The van der Waals surface area contributed by atoms with E-state index in [4.69, 9.17) is 5.73 Å². The highest BCUT2D eigenvalue weighted by molar-refractivity contribution is 9.10. The second kappa shape index (κ2) is 4.61. The van der Waals surface area contributed by atoms with Crippen molar-refractivity contribution in [1.29, 1.82) is 0 Å². The van der Waals surface area contributed by atoms with Crippen LogP contribution in [0.5, 0.6) is 0 Å². The molecule has 0 spiro atoms. The maximum Gasteiger partial charge on any atom is 0.330 e. The number of halogens is 1. The van der Waals surface area contributed by atoms with Crippen LogP contribution in [0.4, 0.5) is 4.79 Å². The summed E-state index contributed by atoms with van der Waals surface area (Å²) in [6, 6.07) is 5.86. The summed E-state index contributed by atoms with van der Waals surface area (Å²) < 4.78 is 0.872. The molecule has 0 aliphatic rings. The third-order valence-corrected chi connectivity index (χ3v) is 1.93. The Kier molecular flexibility index (Phi) is 3.47. The predicted molar refractivity (Wildman–Crippen MR) is 54.3 cm³/mol. The Hall–Kier alpha value is -1.56. The number of benzene rings is 1. The largest absolute Gasteiger partial charge is 0.350 e. The third kappa shape index (κ3) is 3.06. The van der Waals surface area contributed by atoms with Gasteiger partial charge < -0.3 is 5.73 Å². The van der Waals surface area contributed by atoms with Gasteiger partial charge in [-0.25, -0.2) is 10.2 Å². The minimum atomic E-state index is -0.810. The number of hydrogen-bond donors (Lipinski definition) is 3. The number of primary amides is 1. The molecular weight excluding hydrogens is 250 g/mol. The quantitative estimate of drug-likeness (QED) is 0.650. The van der Waals surface area contributed by atoms with E-state index in [1.54, 1.807) is 24.3 Å². The molecule has 0 heterocycles. The van der Waals surface area contributed by atoms with Crippen LogP contribution >= 0.6 is 15.9 Å². The van der Waals surface area contributed by atoms with Crippen molar-refractivity contribution in [3.05, 3.63) is 34.3 Å². The minimum Gasteiger partial charge on any atom is -0.350 e. The maximum absolute atomic E-state index is 11.3. The molecule has 5 nitrogen and oxygen atoms in total. The average Bonchev–Trinajstić information content (AvgIpc) is 2.15. The molecule has 4 N–H and O–H groups in total. The fourth-order valence-corrected chi connectivity index (χ4v) is 1.06. The van der Waals surface area contributed by atoms with Crippen LogP contribution in [0.15, 0.2) is 28.7 Å². The van der Waals surface area contributed by atoms with Gasteiger partial charge in [-0.1, -0.05) is 15.9 Å². The van der Waals surface area contributed by atoms with Gasteiger partial charge in [0.05, 0.1) is 0 Å². The van der Waals surface area contributed by atoms with E-state index in [-0.39, 0.29) is 0 Å². The first kappa shape index (κ1) is 10.5. The van der Waals surface area contributed by atoms with Gasteiger partial charge in [-0.15, -0.1) is 0 Å². The Balaban J connectivity index is 2.61. The van der Waals surface area contributed by atoms with Gasteiger partial charge in [0.2, 0.25) is 0 Å². The van der Waals surface area contributed by atoms with Crippen molar-refractivity contribution in [2.75, 3.05) is 0 Å². The van der Waals surface area contributed by atoms with Gasteiger partial charge in [-0.2, -0.15) is 0 Å². The zero-order chi connectivity index (χ0) is 10.6. The van der Waals surface area contributed by atoms with Crippen LogP contribution < -0.4 is 16.6 Å². The number of urea groups is 1. The summed E-state index contributed by atoms with van der Waals surface area (Å²) >= 11 is 3.24. The molecule has 1 rings (SSSR count). The van der Waals surface area contributed by atoms with Crippen molar-refractivity contribution in [2.45, 2.75) is 0 Å². The zero-order valence-corrected chi connectivity index (χ0v) is 8.67. The van der Waals surface area contributed by atoms with Gasteiger partial charge in [0.15, 0.2) is 0 Å². The minimum absolute atomic E-state index is 0.420. The highest BCUT2D eigenvalue weighted by Crippen LogP contribution is 2.09. The number of rotatable bonds is 1. The molecule has 0 aliphatic carbocycles. The van der Waals surface area contributed by atoms with E-state index in [1.165, 1.54) is 0 Å². The molecule has 74 valence electrons. The average molecular weight is 258 g/mol. The van der Waals surface area contributed by atoms with E-state index < -0.39 is 11.9 Å². The van der Waals surface area contributed by atoms with E-state index in [2.05, 4.69) is 21.4 Å². The topological polar surface area (TPSA) is 84.2 Å². The summed E-state index contributed by atoms with van der Waals surface area (Å²) in [6.07, 6.45) is 0. The van der Waals surface area contributed by atoms with Crippen LogP contribution in [-0.2, 0) is 0 Å². The van der Waals surface area contributed by atoms with Crippen molar-refractivity contribution in [1.82, 2.24) is 10.9 Å². The van der Waals surface area contributed by atoms with Crippen LogP contribution in [0.3, 0.4) is 0 Å². The maximum atomic E-state index is 11.3. The number of nitrogens with one attached hydrogen (secondary N) is 2. The fourth-order valence-electron chi connectivity index (χ4n) is 0.792. The van der Waals surface area contributed by atoms with Gasteiger partial charge in [-0.05, 0) is 24.3 Å². The Morgan fingerprint density at radius 3 is 2.21 bits per heavy atom. The Morgan fingerprint density at radius 1 is 1.14 bits per heavy atom. The molecule has 0 atom stereocenters. The summed E-state index contributed by atoms with van der Waals surface area (Å²) in [4.78, 5) is 21.5. The van der Waals surface area contributed by atoms with Crippen LogP contribution in [0, 0.1) is 0 Å². The van der Waals surface area contributed by atoms with Gasteiger partial charge in [0.1, 0.15) is 0 Å². The lowest BCUT2D eigenvalue weighted by Gasteiger charge is -2.04. The Morgan fingerprint density at radius 2 is 1.71 bits per heavy atom. The molecule has 0 aromatic heterocycles. The molecule has 3 amide bonds. The summed E-state index contributed by atoms with van der Waals surface area (Å²) in [6.45, 7) is 0. The molecule has 0 unspecified atom stereocenters. The Labute approximate surface area is 88.8 Å². The molecule has 0 radical (unpaired) electrons. The highest BCUT2D eigenvalue weighted by atomic mass is 79.9. The monoisotopic (exact) mass is 257 g/mol. The lowest BCUT2D eigenvalue weighted by atomic mass is 10.2. The SMILES string of the molecule is NC(=O)NNC(=O)c1ccc(Br)cc1. The first-order chi connectivity index (χ1) is 6.59. The molecule has 0 bridgehead atoms. The van der Waals surface area contributed by atoms with E-state index in [0.29, 0.717) is 5.56 Å². The predicted octanol–water partition coefficient (Wildman–Crippen LogP) is 0.762. The van der Waals surface area contributed by atoms with E-state index in [0.717, 1.165) is 4.47 Å². The molecular formula is C8H8BrN3O2. The normalized spacial score (nSPS) is 9.21. The fraction of sp³-hybridized carbons (Fsp3) is 0. The van der Waals surface area contributed by atoms with Crippen molar-refractivity contribution in [3.8, 4) is 0 Å². The smallest absolute Gasteiger partial charge is 0.330 e. The number of hydrazine groups is 1. The van der Waals surface area contributed by atoms with Crippen LogP contribution in [-0.4, -0.2) is 11.9 Å².